The lowest BCUT2D eigenvalue weighted by molar-refractivity contribution is -0.122. The highest BCUT2D eigenvalue weighted by atomic mass is 16.5. The number of hydrogen-bond acceptors (Lipinski definition) is 7. The number of nitrogen functional groups attached to an aromatic ring is 1. The van der Waals surface area contributed by atoms with Crippen LogP contribution in [0.25, 0.3) is 0 Å². The van der Waals surface area contributed by atoms with E-state index in [9.17, 15) is 4.79 Å². The quantitative estimate of drug-likeness (QED) is 0.686. The second-order valence-electron chi connectivity index (χ2n) is 5.62. The van der Waals surface area contributed by atoms with E-state index in [0.717, 1.165) is 6.42 Å². The van der Waals surface area contributed by atoms with Gasteiger partial charge in [-0.15, -0.1) is 0 Å². The number of rotatable bonds is 7. The number of anilines is 2. The number of hydrogen-bond donors (Lipinski definition) is 3. The fourth-order valence-corrected chi connectivity index (χ4v) is 1.48. The van der Waals surface area contributed by atoms with Crippen molar-refractivity contribution in [2.45, 2.75) is 46.1 Å². The molecule has 0 fully saturated rings. The molecule has 1 aromatic rings. The molecule has 0 bridgehead atoms. The largest absolute Gasteiger partial charge is 0.463 e. The summed E-state index contributed by atoms with van der Waals surface area (Å²) < 4.78 is 5.31. The summed E-state index contributed by atoms with van der Waals surface area (Å²) in [5.74, 6) is 0.342. The summed E-state index contributed by atoms with van der Waals surface area (Å²) in [6, 6.07) is 0.186. The van der Waals surface area contributed by atoms with E-state index in [1.54, 1.807) is 0 Å². The third kappa shape index (κ3) is 7.28. The smallest absolute Gasteiger partial charge is 0.323 e. The zero-order valence-corrected chi connectivity index (χ0v) is 13.1. The summed E-state index contributed by atoms with van der Waals surface area (Å²) in [5, 5.41) is 5.81. The van der Waals surface area contributed by atoms with Gasteiger partial charge in [0, 0.05) is 18.5 Å². The molecule has 8 heteroatoms. The number of carbonyl (C=O) groups is 1. The minimum absolute atomic E-state index is 0.0421. The number of nitrogens with two attached hydrogens (primary N) is 1. The Morgan fingerprint density at radius 3 is 2.62 bits per heavy atom. The van der Waals surface area contributed by atoms with E-state index < -0.39 is 0 Å². The van der Waals surface area contributed by atoms with Crippen molar-refractivity contribution >= 4 is 17.8 Å². The van der Waals surface area contributed by atoms with Crippen LogP contribution in [-0.2, 0) is 4.79 Å². The highest BCUT2D eigenvalue weighted by Crippen LogP contribution is 2.09. The van der Waals surface area contributed by atoms with Crippen molar-refractivity contribution in [1.29, 1.82) is 0 Å². The predicted molar refractivity (Wildman–Crippen MR) is 81.0 cm³/mol. The molecule has 0 aliphatic heterocycles. The number of amides is 1. The molecule has 1 aromatic heterocycles. The standard InChI is InChI=1S/C13H24N6O2/c1-5-8-21-12-17-10(14)16-11(18-12)15-7-6-9(20)19-13(2,3)4/h5-8H2,1-4H3,(H,19,20)(H3,14,15,16,17,18). The van der Waals surface area contributed by atoms with E-state index in [-0.39, 0.29) is 23.4 Å². The molecule has 8 nitrogen and oxygen atoms in total. The maximum absolute atomic E-state index is 11.7. The Bertz CT molecular complexity index is 472. The molecule has 0 saturated heterocycles. The summed E-state index contributed by atoms with van der Waals surface area (Å²) in [6.07, 6.45) is 1.16. The van der Waals surface area contributed by atoms with Crippen LogP contribution < -0.4 is 21.1 Å². The van der Waals surface area contributed by atoms with Crippen LogP contribution in [0.3, 0.4) is 0 Å². The molecular weight excluding hydrogens is 272 g/mol. The van der Waals surface area contributed by atoms with Crippen molar-refractivity contribution in [3.63, 3.8) is 0 Å². The third-order valence-electron chi connectivity index (χ3n) is 2.22. The predicted octanol–water partition coefficient (Wildman–Crippen LogP) is 0.959. The van der Waals surface area contributed by atoms with E-state index in [4.69, 9.17) is 10.5 Å². The fourth-order valence-electron chi connectivity index (χ4n) is 1.48. The van der Waals surface area contributed by atoms with Crippen LogP contribution in [0.4, 0.5) is 11.9 Å². The summed E-state index contributed by atoms with van der Waals surface area (Å²) in [7, 11) is 0. The first-order valence-electron chi connectivity index (χ1n) is 6.99. The maximum atomic E-state index is 11.7. The molecule has 118 valence electrons. The molecule has 0 unspecified atom stereocenters. The van der Waals surface area contributed by atoms with Crippen molar-refractivity contribution in [2.24, 2.45) is 0 Å². The molecule has 4 N–H and O–H groups in total. The van der Waals surface area contributed by atoms with Crippen molar-refractivity contribution in [1.82, 2.24) is 20.3 Å². The van der Waals surface area contributed by atoms with Gasteiger partial charge >= 0.3 is 6.01 Å². The molecular formula is C13H24N6O2. The van der Waals surface area contributed by atoms with Gasteiger partial charge in [-0.3, -0.25) is 4.79 Å². The van der Waals surface area contributed by atoms with E-state index in [1.165, 1.54) is 0 Å². The number of ether oxygens (including phenoxy) is 1. The lowest BCUT2D eigenvalue weighted by atomic mass is 10.1. The molecule has 1 heterocycles. The van der Waals surface area contributed by atoms with Crippen molar-refractivity contribution in [3.05, 3.63) is 0 Å². The van der Waals surface area contributed by atoms with Crippen LogP contribution in [0.2, 0.25) is 0 Å². The molecule has 0 atom stereocenters. The molecule has 0 aliphatic rings. The van der Waals surface area contributed by atoms with Gasteiger partial charge < -0.3 is 21.1 Å². The van der Waals surface area contributed by atoms with Gasteiger partial charge in [0.25, 0.3) is 0 Å². The van der Waals surface area contributed by atoms with Crippen LogP contribution in [0.15, 0.2) is 0 Å². The van der Waals surface area contributed by atoms with Gasteiger partial charge in [0.15, 0.2) is 0 Å². The summed E-state index contributed by atoms with van der Waals surface area (Å²) in [4.78, 5) is 23.6. The number of nitrogens with one attached hydrogen (secondary N) is 2. The number of carbonyl (C=O) groups excluding carboxylic acids is 1. The minimum Gasteiger partial charge on any atom is -0.463 e. The zero-order valence-electron chi connectivity index (χ0n) is 13.1. The molecule has 0 saturated carbocycles. The van der Waals surface area contributed by atoms with Gasteiger partial charge in [0.1, 0.15) is 0 Å². The van der Waals surface area contributed by atoms with Crippen molar-refractivity contribution < 1.29 is 9.53 Å². The first-order valence-corrected chi connectivity index (χ1v) is 6.99. The van der Waals surface area contributed by atoms with Gasteiger partial charge in [-0.05, 0) is 27.2 Å². The Kier molecular flexibility index (Phi) is 6.13. The zero-order chi connectivity index (χ0) is 15.9. The normalized spacial score (nSPS) is 11.0. The van der Waals surface area contributed by atoms with Gasteiger partial charge in [-0.1, -0.05) is 6.92 Å². The van der Waals surface area contributed by atoms with Crippen LogP contribution in [0.1, 0.15) is 40.5 Å². The molecule has 0 aromatic carbocycles. The van der Waals surface area contributed by atoms with E-state index in [0.29, 0.717) is 25.5 Å². The van der Waals surface area contributed by atoms with Crippen LogP contribution in [0.5, 0.6) is 6.01 Å². The highest BCUT2D eigenvalue weighted by Gasteiger charge is 2.13. The van der Waals surface area contributed by atoms with Gasteiger partial charge in [0.2, 0.25) is 17.8 Å². The highest BCUT2D eigenvalue weighted by molar-refractivity contribution is 5.77. The second kappa shape index (κ2) is 7.61. The van der Waals surface area contributed by atoms with Crippen LogP contribution in [-0.4, -0.2) is 39.5 Å². The lowest BCUT2D eigenvalue weighted by Crippen LogP contribution is -2.41. The number of nitrogens with zero attached hydrogens (tertiary/aromatic N) is 3. The molecule has 0 spiro atoms. The average molecular weight is 296 g/mol. The van der Waals surface area contributed by atoms with E-state index in [2.05, 4.69) is 25.6 Å². The topological polar surface area (TPSA) is 115 Å². The van der Waals surface area contributed by atoms with Crippen molar-refractivity contribution in [3.8, 4) is 6.01 Å². The first kappa shape index (κ1) is 16.9. The Hall–Kier alpha value is -2.12. The fraction of sp³-hybridized carbons (Fsp3) is 0.692. The molecule has 1 rings (SSSR count). The SMILES string of the molecule is CCCOc1nc(N)nc(NCCC(=O)NC(C)(C)C)n1. The molecule has 21 heavy (non-hydrogen) atoms. The van der Waals surface area contributed by atoms with Crippen LogP contribution >= 0.6 is 0 Å². The summed E-state index contributed by atoms with van der Waals surface area (Å²) >= 11 is 0. The lowest BCUT2D eigenvalue weighted by Gasteiger charge is -2.20. The summed E-state index contributed by atoms with van der Waals surface area (Å²) in [5.41, 5.74) is 5.34. The molecule has 0 radical (unpaired) electrons. The maximum Gasteiger partial charge on any atom is 0.323 e. The Morgan fingerprint density at radius 1 is 1.29 bits per heavy atom. The Balaban J connectivity index is 2.48. The van der Waals surface area contributed by atoms with Gasteiger partial charge in [-0.25, -0.2) is 0 Å². The second-order valence-corrected chi connectivity index (χ2v) is 5.62. The van der Waals surface area contributed by atoms with Gasteiger partial charge in [0.05, 0.1) is 6.61 Å². The van der Waals surface area contributed by atoms with Crippen molar-refractivity contribution in [2.75, 3.05) is 24.2 Å². The average Bonchev–Trinajstić information content (AvgIpc) is 2.33. The van der Waals surface area contributed by atoms with Gasteiger partial charge in [-0.2, -0.15) is 15.0 Å². The third-order valence-corrected chi connectivity index (χ3v) is 2.22. The summed E-state index contributed by atoms with van der Waals surface area (Å²) in [6.45, 7) is 8.69. The molecule has 0 aliphatic carbocycles. The monoisotopic (exact) mass is 296 g/mol. The number of aromatic nitrogens is 3. The minimum atomic E-state index is -0.240. The van der Waals surface area contributed by atoms with E-state index in [1.807, 2.05) is 27.7 Å². The Morgan fingerprint density at radius 2 is 2.00 bits per heavy atom. The first-order chi connectivity index (χ1) is 9.80. The van der Waals surface area contributed by atoms with E-state index >= 15 is 0 Å². The Labute approximate surface area is 124 Å². The molecule has 1 amide bonds. The van der Waals surface area contributed by atoms with Crippen LogP contribution in [0, 0.1) is 0 Å².